The van der Waals surface area contributed by atoms with Gasteiger partial charge in [0.25, 0.3) is 0 Å². The van der Waals surface area contributed by atoms with Crippen molar-refractivity contribution < 1.29 is 28.2 Å². The predicted octanol–water partition coefficient (Wildman–Crippen LogP) is 2.27. The monoisotopic (exact) mass is 382 g/mol. The number of likely N-dealkylation sites (tertiary alicyclic amines) is 1. The molecular weight excluding hydrogens is 355 g/mol. The highest BCUT2D eigenvalue weighted by Gasteiger charge is 2.27. The zero-order chi connectivity index (χ0) is 19.6. The van der Waals surface area contributed by atoms with E-state index < -0.39 is 6.09 Å². The SMILES string of the molecule is CCC(=O)N1CCC(OC(=O)NCCOCCOc2cc(F)ccc2C)C1. The fourth-order valence-electron chi connectivity index (χ4n) is 2.73. The molecule has 0 spiro atoms. The van der Waals surface area contributed by atoms with Crippen LogP contribution in [0.4, 0.5) is 9.18 Å². The molecule has 27 heavy (non-hydrogen) atoms. The van der Waals surface area contributed by atoms with E-state index >= 15 is 0 Å². The van der Waals surface area contributed by atoms with Gasteiger partial charge in [-0.3, -0.25) is 4.79 Å². The summed E-state index contributed by atoms with van der Waals surface area (Å²) in [5, 5.41) is 2.61. The van der Waals surface area contributed by atoms with Gasteiger partial charge in [-0.25, -0.2) is 9.18 Å². The largest absolute Gasteiger partial charge is 0.491 e. The Kier molecular flexibility index (Phi) is 8.32. The first-order valence-electron chi connectivity index (χ1n) is 9.18. The Hall–Kier alpha value is -2.35. The van der Waals surface area contributed by atoms with Crippen molar-refractivity contribution in [1.82, 2.24) is 10.2 Å². The Bertz CT molecular complexity index is 641. The topological polar surface area (TPSA) is 77.1 Å². The minimum absolute atomic E-state index is 0.0746. The summed E-state index contributed by atoms with van der Waals surface area (Å²) in [5.74, 6) is 0.224. The van der Waals surface area contributed by atoms with Crippen molar-refractivity contribution in [2.45, 2.75) is 32.8 Å². The molecule has 0 bridgehead atoms. The second-order valence-electron chi connectivity index (χ2n) is 6.31. The van der Waals surface area contributed by atoms with Crippen LogP contribution in [-0.2, 0) is 14.3 Å². The molecule has 0 aliphatic carbocycles. The number of aryl methyl sites for hydroxylation is 1. The van der Waals surface area contributed by atoms with Gasteiger partial charge in [0.15, 0.2) is 0 Å². The fourth-order valence-corrected chi connectivity index (χ4v) is 2.73. The van der Waals surface area contributed by atoms with Crippen LogP contribution >= 0.6 is 0 Å². The van der Waals surface area contributed by atoms with Crippen molar-refractivity contribution in [2.24, 2.45) is 0 Å². The summed E-state index contributed by atoms with van der Waals surface area (Å²) >= 11 is 0. The first-order chi connectivity index (χ1) is 13.0. The van der Waals surface area contributed by atoms with Gasteiger partial charge < -0.3 is 24.4 Å². The van der Waals surface area contributed by atoms with Gasteiger partial charge in [0, 0.05) is 32.0 Å². The number of ether oxygens (including phenoxy) is 3. The first kappa shape index (κ1) is 21.0. The first-order valence-corrected chi connectivity index (χ1v) is 9.18. The molecule has 7 nitrogen and oxygen atoms in total. The molecule has 0 saturated carbocycles. The lowest BCUT2D eigenvalue weighted by Gasteiger charge is -2.16. The number of hydrogen-bond donors (Lipinski definition) is 1. The van der Waals surface area contributed by atoms with Gasteiger partial charge in [-0.2, -0.15) is 0 Å². The Balaban J connectivity index is 1.51. The van der Waals surface area contributed by atoms with Crippen molar-refractivity contribution in [2.75, 3.05) is 39.5 Å². The predicted molar refractivity (Wildman–Crippen MR) is 97.2 cm³/mol. The van der Waals surface area contributed by atoms with Gasteiger partial charge in [0.05, 0.1) is 19.8 Å². The molecule has 1 aromatic carbocycles. The van der Waals surface area contributed by atoms with Crippen molar-refractivity contribution in [3.8, 4) is 5.75 Å². The highest BCUT2D eigenvalue weighted by atomic mass is 19.1. The third-order valence-corrected chi connectivity index (χ3v) is 4.23. The second kappa shape index (κ2) is 10.7. The van der Waals surface area contributed by atoms with E-state index in [-0.39, 0.29) is 24.4 Å². The average molecular weight is 382 g/mol. The van der Waals surface area contributed by atoms with Gasteiger partial charge >= 0.3 is 6.09 Å². The molecule has 0 radical (unpaired) electrons. The van der Waals surface area contributed by atoms with Crippen molar-refractivity contribution >= 4 is 12.0 Å². The van der Waals surface area contributed by atoms with E-state index in [1.165, 1.54) is 12.1 Å². The molecule has 1 aliphatic rings. The van der Waals surface area contributed by atoms with Crippen LogP contribution in [0.25, 0.3) is 0 Å². The lowest BCUT2D eigenvalue weighted by Crippen LogP contribution is -2.34. The molecule has 0 aromatic heterocycles. The normalized spacial score (nSPS) is 16.3. The lowest BCUT2D eigenvalue weighted by atomic mass is 10.2. The van der Waals surface area contributed by atoms with Crippen LogP contribution in [0.15, 0.2) is 18.2 Å². The quantitative estimate of drug-likeness (QED) is 0.663. The third-order valence-electron chi connectivity index (χ3n) is 4.23. The number of alkyl carbamates (subject to hydrolysis) is 1. The van der Waals surface area contributed by atoms with Gasteiger partial charge in [-0.05, 0) is 18.6 Å². The molecule has 8 heteroatoms. The van der Waals surface area contributed by atoms with E-state index in [2.05, 4.69) is 5.32 Å². The molecule has 1 aliphatic heterocycles. The molecule has 1 N–H and O–H groups in total. The van der Waals surface area contributed by atoms with Gasteiger partial charge in [-0.1, -0.05) is 13.0 Å². The summed E-state index contributed by atoms with van der Waals surface area (Å²) in [6, 6.07) is 4.38. The number of nitrogens with zero attached hydrogens (tertiary/aromatic N) is 1. The summed E-state index contributed by atoms with van der Waals surface area (Å²) < 4.78 is 29.3. The van der Waals surface area contributed by atoms with Crippen molar-refractivity contribution in [3.63, 3.8) is 0 Å². The number of carbonyl (C=O) groups is 2. The maximum absolute atomic E-state index is 13.1. The van der Waals surface area contributed by atoms with E-state index in [4.69, 9.17) is 14.2 Å². The number of rotatable bonds is 9. The summed E-state index contributed by atoms with van der Waals surface area (Å²) in [6.45, 7) is 5.96. The fraction of sp³-hybridized carbons (Fsp3) is 0.579. The molecule has 150 valence electrons. The number of halogens is 1. The van der Waals surface area contributed by atoms with Crippen LogP contribution in [-0.4, -0.2) is 62.5 Å². The number of nitrogens with one attached hydrogen (secondary N) is 1. The van der Waals surface area contributed by atoms with E-state index in [9.17, 15) is 14.0 Å². The van der Waals surface area contributed by atoms with Gasteiger partial charge in [-0.15, -0.1) is 0 Å². The molecule has 1 unspecified atom stereocenters. The van der Waals surface area contributed by atoms with Gasteiger partial charge in [0.1, 0.15) is 24.3 Å². The summed E-state index contributed by atoms with van der Waals surface area (Å²) in [7, 11) is 0. The Morgan fingerprint density at radius 3 is 2.89 bits per heavy atom. The van der Waals surface area contributed by atoms with Crippen LogP contribution in [0.2, 0.25) is 0 Å². The number of benzene rings is 1. The van der Waals surface area contributed by atoms with Gasteiger partial charge in [0.2, 0.25) is 5.91 Å². The minimum atomic E-state index is -0.513. The third kappa shape index (κ3) is 7.05. The van der Waals surface area contributed by atoms with E-state index in [1.807, 2.05) is 13.8 Å². The summed E-state index contributed by atoms with van der Waals surface area (Å²) in [6.07, 6.45) is 0.344. The van der Waals surface area contributed by atoms with E-state index in [0.717, 1.165) is 5.56 Å². The second-order valence-corrected chi connectivity index (χ2v) is 6.31. The molecule has 1 saturated heterocycles. The van der Waals surface area contributed by atoms with Crippen LogP contribution in [0.5, 0.6) is 5.75 Å². The molecule has 2 rings (SSSR count). The maximum Gasteiger partial charge on any atom is 0.407 e. The molecule has 1 heterocycles. The molecule has 2 amide bonds. The number of carbonyl (C=O) groups excluding carboxylic acids is 2. The zero-order valence-electron chi connectivity index (χ0n) is 15.8. The van der Waals surface area contributed by atoms with Crippen molar-refractivity contribution in [3.05, 3.63) is 29.6 Å². The van der Waals surface area contributed by atoms with E-state index in [1.54, 1.807) is 11.0 Å². The Morgan fingerprint density at radius 2 is 2.11 bits per heavy atom. The molecule has 1 fully saturated rings. The zero-order valence-corrected chi connectivity index (χ0v) is 15.8. The standard InChI is InChI=1S/C19H27FN2O5/c1-3-18(23)22-8-6-16(13-22)27-19(24)21-7-9-25-10-11-26-17-12-15(20)5-4-14(17)2/h4-5,12,16H,3,6-11,13H2,1-2H3,(H,21,24). The number of amides is 2. The molecule has 1 aromatic rings. The summed E-state index contributed by atoms with van der Waals surface area (Å²) in [4.78, 5) is 25.0. The lowest BCUT2D eigenvalue weighted by molar-refractivity contribution is -0.130. The van der Waals surface area contributed by atoms with Crippen LogP contribution in [0.1, 0.15) is 25.3 Å². The van der Waals surface area contributed by atoms with E-state index in [0.29, 0.717) is 51.4 Å². The molecular formula is C19H27FN2O5. The smallest absolute Gasteiger partial charge is 0.407 e. The highest BCUT2D eigenvalue weighted by molar-refractivity contribution is 5.76. The summed E-state index contributed by atoms with van der Waals surface area (Å²) in [5.41, 5.74) is 0.854. The minimum Gasteiger partial charge on any atom is -0.491 e. The highest BCUT2D eigenvalue weighted by Crippen LogP contribution is 2.18. The Morgan fingerprint density at radius 1 is 1.30 bits per heavy atom. The maximum atomic E-state index is 13.1. The molecule has 1 atom stereocenters. The van der Waals surface area contributed by atoms with Crippen LogP contribution < -0.4 is 10.1 Å². The van der Waals surface area contributed by atoms with Crippen LogP contribution in [0.3, 0.4) is 0 Å². The number of hydrogen-bond acceptors (Lipinski definition) is 5. The average Bonchev–Trinajstić information content (AvgIpc) is 3.11. The van der Waals surface area contributed by atoms with Crippen LogP contribution in [0, 0.1) is 12.7 Å². The Labute approximate surface area is 158 Å². The van der Waals surface area contributed by atoms with Crippen molar-refractivity contribution in [1.29, 1.82) is 0 Å².